The van der Waals surface area contributed by atoms with Gasteiger partial charge in [0.25, 0.3) is 5.91 Å². The van der Waals surface area contributed by atoms with E-state index in [1.807, 2.05) is 20.8 Å². The van der Waals surface area contributed by atoms with Gasteiger partial charge < -0.3 is 15.4 Å². The van der Waals surface area contributed by atoms with E-state index in [0.29, 0.717) is 18.1 Å². The van der Waals surface area contributed by atoms with Gasteiger partial charge in [0.1, 0.15) is 11.5 Å². The zero-order valence-electron chi connectivity index (χ0n) is 12.3. The minimum absolute atomic E-state index is 0.121. The molecule has 1 aliphatic rings. The average Bonchev–Trinajstić information content (AvgIpc) is 2.38. The van der Waals surface area contributed by atoms with Crippen LogP contribution in [0.25, 0.3) is 0 Å². The quantitative estimate of drug-likeness (QED) is 0.875. The fourth-order valence-corrected chi connectivity index (χ4v) is 2.36. The van der Waals surface area contributed by atoms with Gasteiger partial charge in [-0.3, -0.25) is 9.78 Å². The molecule has 1 atom stereocenters. The van der Waals surface area contributed by atoms with E-state index in [4.69, 9.17) is 4.74 Å². The normalized spacial score (nSPS) is 21.2. The third kappa shape index (κ3) is 3.90. The first-order chi connectivity index (χ1) is 9.50. The van der Waals surface area contributed by atoms with E-state index in [1.165, 1.54) is 6.20 Å². The van der Waals surface area contributed by atoms with Crippen LogP contribution in [0.3, 0.4) is 0 Å². The summed E-state index contributed by atoms with van der Waals surface area (Å²) in [5.41, 5.74) is 0.153. The van der Waals surface area contributed by atoms with Crippen molar-refractivity contribution in [2.45, 2.75) is 45.3 Å². The number of hydrogen-bond donors (Lipinski definition) is 2. The van der Waals surface area contributed by atoms with Gasteiger partial charge in [-0.1, -0.05) is 0 Å². The van der Waals surface area contributed by atoms with Crippen LogP contribution in [0.2, 0.25) is 0 Å². The summed E-state index contributed by atoms with van der Waals surface area (Å²) in [7, 11) is 0. The van der Waals surface area contributed by atoms with Crippen LogP contribution in [0.15, 0.2) is 12.4 Å². The molecule has 1 fully saturated rings. The zero-order valence-corrected chi connectivity index (χ0v) is 12.3. The molecule has 2 N–H and O–H groups in total. The first-order valence-electron chi connectivity index (χ1n) is 7.01. The van der Waals surface area contributed by atoms with Crippen LogP contribution >= 0.6 is 0 Å². The van der Waals surface area contributed by atoms with Crippen molar-refractivity contribution in [3.63, 3.8) is 0 Å². The van der Waals surface area contributed by atoms with E-state index in [-0.39, 0.29) is 17.6 Å². The van der Waals surface area contributed by atoms with Crippen LogP contribution in [-0.4, -0.2) is 40.7 Å². The minimum Gasteiger partial charge on any atom is -0.375 e. The van der Waals surface area contributed by atoms with E-state index >= 15 is 0 Å². The molecule has 1 saturated heterocycles. The van der Waals surface area contributed by atoms with Crippen molar-refractivity contribution in [1.82, 2.24) is 15.3 Å². The lowest BCUT2D eigenvalue weighted by Gasteiger charge is -2.35. The number of aromatic nitrogens is 2. The number of nitrogens with zero attached hydrogens (tertiary/aromatic N) is 2. The second-order valence-electron chi connectivity index (χ2n) is 5.59. The van der Waals surface area contributed by atoms with Crippen LogP contribution in [0, 0.1) is 0 Å². The van der Waals surface area contributed by atoms with E-state index in [9.17, 15) is 4.79 Å². The maximum absolute atomic E-state index is 12.2. The third-order valence-electron chi connectivity index (χ3n) is 3.26. The maximum atomic E-state index is 12.2. The molecule has 1 aliphatic heterocycles. The van der Waals surface area contributed by atoms with Gasteiger partial charge in [-0.05, 0) is 33.6 Å². The van der Waals surface area contributed by atoms with Gasteiger partial charge in [-0.2, -0.15) is 0 Å². The molecule has 6 nitrogen and oxygen atoms in total. The average molecular weight is 278 g/mol. The number of ether oxygens (including phenoxy) is 1. The number of anilines is 1. The first-order valence-corrected chi connectivity index (χ1v) is 7.01. The molecule has 0 spiro atoms. The summed E-state index contributed by atoms with van der Waals surface area (Å²) in [5.74, 6) is 0.437. The number of amides is 1. The Hall–Kier alpha value is -1.69. The molecule has 1 aromatic heterocycles. The standard InChI is InChI=1S/C14H22N4O2/c1-4-16-12-9-15-8-11(18-12)13(19)17-10-5-6-20-14(2,3)7-10/h8-10H,4-7H2,1-3H3,(H,16,18)(H,17,19). The van der Waals surface area contributed by atoms with Crippen LogP contribution < -0.4 is 10.6 Å². The third-order valence-corrected chi connectivity index (χ3v) is 3.26. The Balaban J connectivity index is 1.99. The lowest BCUT2D eigenvalue weighted by atomic mass is 9.94. The number of carbonyl (C=O) groups is 1. The van der Waals surface area contributed by atoms with Crippen molar-refractivity contribution in [2.24, 2.45) is 0 Å². The molecule has 2 rings (SSSR count). The van der Waals surface area contributed by atoms with E-state index < -0.39 is 0 Å². The summed E-state index contributed by atoms with van der Waals surface area (Å²) in [6.07, 6.45) is 4.73. The summed E-state index contributed by atoms with van der Waals surface area (Å²) in [6, 6.07) is 0.121. The Morgan fingerprint density at radius 2 is 2.30 bits per heavy atom. The smallest absolute Gasteiger partial charge is 0.271 e. The molecule has 2 heterocycles. The van der Waals surface area contributed by atoms with Crippen LogP contribution in [0.1, 0.15) is 44.1 Å². The van der Waals surface area contributed by atoms with Crippen molar-refractivity contribution in [2.75, 3.05) is 18.5 Å². The molecule has 0 aliphatic carbocycles. The Morgan fingerprint density at radius 1 is 1.50 bits per heavy atom. The number of carbonyl (C=O) groups excluding carboxylic acids is 1. The molecule has 0 aromatic carbocycles. The summed E-state index contributed by atoms with van der Waals surface area (Å²) >= 11 is 0. The molecule has 20 heavy (non-hydrogen) atoms. The molecular formula is C14H22N4O2. The second-order valence-corrected chi connectivity index (χ2v) is 5.59. The fourth-order valence-electron chi connectivity index (χ4n) is 2.36. The van der Waals surface area contributed by atoms with Crippen molar-refractivity contribution >= 4 is 11.7 Å². The Bertz CT molecular complexity index is 476. The summed E-state index contributed by atoms with van der Waals surface area (Å²) < 4.78 is 5.64. The topological polar surface area (TPSA) is 76.1 Å². The predicted molar refractivity (Wildman–Crippen MR) is 76.7 cm³/mol. The second kappa shape index (κ2) is 6.17. The molecule has 1 amide bonds. The van der Waals surface area contributed by atoms with E-state index in [0.717, 1.165) is 19.4 Å². The maximum Gasteiger partial charge on any atom is 0.271 e. The highest BCUT2D eigenvalue weighted by Crippen LogP contribution is 2.24. The highest BCUT2D eigenvalue weighted by Gasteiger charge is 2.30. The first kappa shape index (κ1) is 14.7. The number of rotatable bonds is 4. The van der Waals surface area contributed by atoms with Crippen molar-refractivity contribution in [3.8, 4) is 0 Å². The summed E-state index contributed by atoms with van der Waals surface area (Å²) in [5, 5.41) is 6.06. The van der Waals surface area contributed by atoms with E-state index in [1.54, 1.807) is 6.20 Å². The monoisotopic (exact) mass is 278 g/mol. The van der Waals surface area contributed by atoms with Gasteiger partial charge in [0.05, 0.1) is 18.0 Å². The lowest BCUT2D eigenvalue weighted by Crippen LogP contribution is -2.46. The minimum atomic E-state index is -0.187. The fraction of sp³-hybridized carbons (Fsp3) is 0.643. The summed E-state index contributed by atoms with van der Waals surface area (Å²) in [4.78, 5) is 20.5. The van der Waals surface area contributed by atoms with Crippen molar-refractivity contribution in [1.29, 1.82) is 0 Å². The van der Waals surface area contributed by atoms with Crippen LogP contribution in [0.5, 0.6) is 0 Å². The molecule has 110 valence electrons. The largest absolute Gasteiger partial charge is 0.375 e. The number of hydrogen-bond acceptors (Lipinski definition) is 5. The molecule has 0 radical (unpaired) electrons. The predicted octanol–water partition coefficient (Wildman–Crippen LogP) is 1.60. The molecule has 0 bridgehead atoms. The molecule has 0 saturated carbocycles. The van der Waals surface area contributed by atoms with Crippen LogP contribution in [0.4, 0.5) is 5.82 Å². The molecule has 1 unspecified atom stereocenters. The lowest BCUT2D eigenvalue weighted by molar-refractivity contribution is -0.0615. The Morgan fingerprint density at radius 3 is 3.00 bits per heavy atom. The highest BCUT2D eigenvalue weighted by molar-refractivity contribution is 5.92. The number of nitrogens with one attached hydrogen (secondary N) is 2. The molecular weight excluding hydrogens is 256 g/mol. The van der Waals surface area contributed by atoms with Gasteiger partial charge in [-0.25, -0.2) is 4.98 Å². The Labute approximate surface area is 119 Å². The van der Waals surface area contributed by atoms with Gasteiger partial charge in [0.2, 0.25) is 0 Å². The molecule has 6 heteroatoms. The Kier molecular flexibility index (Phi) is 4.54. The van der Waals surface area contributed by atoms with Gasteiger partial charge in [0, 0.05) is 19.2 Å². The van der Waals surface area contributed by atoms with Crippen molar-refractivity contribution in [3.05, 3.63) is 18.1 Å². The zero-order chi connectivity index (χ0) is 14.6. The van der Waals surface area contributed by atoms with E-state index in [2.05, 4.69) is 20.6 Å². The van der Waals surface area contributed by atoms with Crippen molar-refractivity contribution < 1.29 is 9.53 Å². The SMILES string of the molecule is CCNc1cncc(C(=O)NC2CCOC(C)(C)C2)n1. The highest BCUT2D eigenvalue weighted by atomic mass is 16.5. The molecule has 1 aromatic rings. The van der Waals surface area contributed by atoms with Gasteiger partial charge >= 0.3 is 0 Å². The van der Waals surface area contributed by atoms with Gasteiger partial charge in [0.15, 0.2) is 0 Å². The summed E-state index contributed by atoms with van der Waals surface area (Å²) in [6.45, 7) is 7.46. The van der Waals surface area contributed by atoms with Gasteiger partial charge in [-0.15, -0.1) is 0 Å². The van der Waals surface area contributed by atoms with Crippen LogP contribution in [-0.2, 0) is 4.74 Å².